The van der Waals surface area contributed by atoms with E-state index in [0.29, 0.717) is 50.2 Å². The van der Waals surface area contributed by atoms with Crippen LogP contribution < -0.4 is 10.2 Å². The smallest absolute Gasteiger partial charge is 0.452 e. The first-order valence-corrected chi connectivity index (χ1v) is 13.7. The van der Waals surface area contributed by atoms with Gasteiger partial charge in [-0.15, -0.1) is 0 Å². The zero-order valence-electron chi connectivity index (χ0n) is 22.8. The largest absolute Gasteiger partial charge is 0.481 e. The van der Waals surface area contributed by atoms with Gasteiger partial charge in [0.05, 0.1) is 23.7 Å². The molecule has 2 atom stereocenters. The molecule has 13 heteroatoms. The highest BCUT2D eigenvalue weighted by atomic mass is 19.4. The third-order valence-electron chi connectivity index (χ3n) is 7.96. The molecular formula is C29H30F3N5O5. The third-order valence-corrected chi connectivity index (χ3v) is 7.96. The van der Waals surface area contributed by atoms with Gasteiger partial charge in [0.25, 0.3) is 5.91 Å². The summed E-state index contributed by atoms with van der Waals surface area (Å²) in [6, 6.07) is 11.2. The number of oxazole rings is 1. The molecule has 1 aromatic carbocycles. The van der Waals surface area contributed by atoms with Crippen molar-refractivity contribution in [3.05, 3.63) is 60.1 Å². The summed E-state index contributed by atoms with van der Waals surface area (Å²) in [5.41, 5.74) is -0.389. The van der Waals surface area contributed by atoms with E-state index >= 15 is 0 Å². The molecule has 1 saturated heterocycles. The van der Waals surface area contributed by atoms with Gasteiger partial charge in [0, 0.05) is 31.7 Å². The van der Waals surface area contributed by atoms with Crippen LogP contribution in [0.3, 0.4) is 0 Å². The molecule has 3 heterocycles. The molecule has 0 radical (unpaired) electrons. The SMILES string of the molecule is CN(C(=O)C1CCCC1C(=O)O)C1CCN(c2ccc(NC(=O)c3nc(-c4ccccc4)oc3C(F)(F)F)cn2)CC1. The predicted octanol–water partition coefficient (Wildman–Crippen LogP) is 4.94. The Kier molecular flexibility index (Phi) is 8.19. The van der Waals surface area contributed by atoms with E-state index in [1.807, 2.05) is 4.90 Å². The number of amides is 2. The summed E-state index contributed by atoms with van der Waals surface area (Å²) in [6.07, 6.45) is -0.378. The number of anilines is 2. The second-order valence-corrected chi connectivity index (χ2v) is 10.6. The maximum Gasteiger partial charge on any atom is 0.452 e. The van der Waals surface area contributed by atoms with Crippen molar-refractivity contribution < 1.29 is 37.1 Å². The number of aliphatic carboxylic acids is 1. The summed E-state index contributed by atoms with van der Waals surface area (Å²) >= 11 is 0. The van der Waals surface area contributed by atoms with Crippen LogP contribution in [0.25, 0.3) is 11.5 Å². The van der Waals surface area contributed by atoms with Crippen molar-refractivity contribution in [1.82, 2.24) is 14.9 Å². The van der Waals surface area contributed by atoms with Gasteiger partial charge in [-0.2, -0.15) is 13.2 Å². The summed E-state index contributed by atoms with van der Waals surface area (Å²) in [4.78, 5) is 49.2. The number of piperidine rings is 1. The molecule has 10 nitrogen and oxygen atoms in total. The summed E-state index contributed by atoms with van der Waals surface area (Å²) in [5, 5.41) is 11.8. The number of carboxylic acids is 1. The maximum absolute atomic E-state index is 13.6. The molecule has 0 spiro atoms. The lowest BCUT2D eigenvalue weighted by Gasteiger charge is -2.38. The summed E-state index contributed by atoms with van der Waals surface area (Å²) in [7, 11) is 1.73. The van der Waals surface area contributed by atoms with Gasteiger partial charge in [-0.05, 0) is 49.9 Å². The van der Waals surface area contributed by atoms with Crippen LogP contribution in [-0.4, -0.2) is 63.9 Å². The average Bonchev–Trinajstić information content (AvgIpc) is 3.66. The quantitative estimate of drug-likeness (QED) is 0.399. The number of carboxylic acid groups (broad SMARTS) is 1. The Bertz CT molecular complexity index is 1440. The number of aromatic nitrogens is 2. The fourth-order valence-electron chi connectivity index (χ4n) is 5.68. The molecular weight excluding hydrogens is 555 g/mol. The normalized spacial score (nSPS) is 19.5. The van der Waals surface area contributed by atoms with Crippen molar-refractivity contribution in [1.29, 1.82) is 0 Å². The van der Waals surface area contributed by atoms with E-state index < -0.39 is 41.3 Å². The number of nitrogens with one attached hydrogen (secondary N) is 1. The first-order valence-electron chi connectivity index (χ1n) is 13.7. The Labute approximate surface area is 239 Å². The van der Waals surface area contributed by atoms with Gasteiger partial charge in [-0.3, -0.25) is 14.4 Å². The molecule has 2 N–H and O–H groups in total. The first-order chi connectivity index (χ1) is 20.0. The minimum Gasteiger partial charge on any atom is -0.481 e. The third kappa shape index (κ3) is 6.09. The van der Waals surface area contributed by atoms with Crippen LogP contribution in [0.5, 0.6) is 0 Å². The standard InChI is InChI=1S/C29H30F3N5O5/c1-36(27(39)20-8-5-9-21(20)28(40)41)19-12-14-37(15-13-19)22-11-10-18(16-33-22)34-25(38)23-24(29(30,31)32)42-26(35-23)17-6-3-2-4-7-17/h2-4,6-7,10-11,16,19-21H,5,8-9,12-15H2,1H3,(H,34,38)(H,40,41). The second kappa shape index (κ2) is 11.8. The van der Waals surface area contributed by atoms with Crippen molar-refractivity contribution in [3.8, 4) is 11.5 Å². The van der Waals surface area contributed by atoms with Crippen LogP contribution in [0.1, 0.15) is 48.4 Å². The van der Waals surface area contributed by atoms with E-state index in [0.717, 1.165) is 6.42 Å². The lowest BCUT2D eigenvalue weighted by molar-refractivity contribution is -0.153. The number of carbonyl (C=O) groups excluding carboxylic acids is 2. The topological polar surface area (TPSA) is 129 Å². The van der Waals surface area contributed by atoms with Gasteiger partial charge in [-0.1, -0.05) is 24.6 Å². The molecule has 1 aliphatic carbocycles. The Morgan fingerprint density at radius 3 is 2.33 bits per heavy atom. The molecule has 1 aliphatic heterocycles. The molecule has 3 aromatic rings. The van der Waals surface area contributed by atoms with Crippen molar-refractivity contribution in [3.63, 3.8) is 0 Å². The first kappa shape index (κ1) is 29.1. The number of rotatable bonds is 7. The van der Waals surface area contributed by atoms with Crippen LogP contribution in [0.2, 0.25) is 0 Å². The van der Waals surface area contributed by atoms with E-state index in [1.54, 1.807) is 42.3 Å². The summed E-state index contributed by atoms with van der Waals surface area (Å²) in [5.74, 6) is -4.41. The van der Waals surface area contributed by atoms with Gasteiger partial charge in [-0.25, -0.2) is 9.97 Å². The molecule has 5 rings (SSSR count). The number of alkyl halides is 3. The minimum absolute atomic E-state index is 0.0200. The lowest BCUT2D eigenvalue weighted by atomic mass is 9.93. The van der Waals surface area contributed by atoms with Crippen molar-refractivity contribution in [2.75, 3.05) is 30.4 Å². The molecule has 2 fully saturated rings. The fourth-order valence-corrected chi connectivity index (χ4v) is 5.68. The molecule has 2 aliphatic rings. The Morgan fingerprint density at radius 1 is 1.02 bits per heavy atom. The van der Waals surface area contributed by atoms with E-state index in [1.165, 1.54) is 18.3 Å². The van der Waals surface area contributed by atoms with E-state index in [9.17, 15) is 32.7 Å². The summed E-state index contributed by atoms with van der Waals surface area (Å²) in [6.45, 7) is 1.20. The van der Waals surface area contributed by atoms with E-state index in [2.05, 4.69) is 15.3 Å². The highest BCUT2D eigenvalue weighted by Gasteiger charge is 2.42. The van der Waals surface area contributed by atoms with Crippen LogP contribution in [0, 0.1) is 11.8 Å². The number of benzene rings is 1. The fraction of sp³-hybridized carbons (Fsp3) is 0.414. The monoisotopic (exact) mass is 585 g/mol. The molecule has 42 heavy (non-hydrogen) atoms. The van der Waals surface area contributed by atoms with E-state index in [-0.39, 0.29) is 23.5 Å². The molecule has 0 bridgehead atoms. The van der Waals surface area contributed by atoms with Crippen LogP contribution >= 0.6 is 0 Å². The van der Waals surface area contributed by atoms with Crippen molar-refractivity contribution in [2.45, 2.75) is 44.3 Å². The van der Waals surface area contributed by atoms with Gasteiger partial charge < -0.3 is 24.6 Å². The number of hydrogen-bond donors (Lipinski definition) is 2. The average molecular weight is 586 g/mol. The summed E-state index contributed by atoms with van der Waals surface area (Å²) < 4.78 is 45.8. The zero-order valence-corrected chi connectivity index (χ0v) is 22.8. The van der Waals surface area contributed by atoms with Crippen LogP contribution in [0.4, 0.5) is 24.7 Å². The second-order valence-electron chi connectivity index (χ2n) is 10.6. The minimum atomic E-state index is -4.92. The Hall–Kier alpha value is -4.42. The Morgan fingerprint density at radius 2 is 1.71 bits per heavy atom. The highest BCUT2D eigenvalue weighted by molar-refractivity contribution is 6.04. The predicted molar refractivity (Wildman–Crippen MR) is 146 cm³/mol. The van der Waals surface area contributed by atoms with Gasteiger partial charge in [0.15, 0.2) is 5.69 Å². The highest BCUT2D eigenvalue weighted by Crippen LogP contribution is 2.36. The lowest BCUT2D eigenvalue weighted by Crippen LogP contribution is -2.48. The molecule has 2 amide bonds. The van der Waals surface area contributed by atoms with Crippen LogP contribution in [0.15, 0.2) is 53.1 Å². The molecule has 2 unspecified atom stereocenters. The van der Waals surface area contributed by atoms with Gasteiger partial charge in [0.2, 0.25) is 17.6 Å². The van der Waals surface area contributed by atoms with Crippen LogP contribution in [-0.2, 0) is 15.8 Å². The molecule has 2 aromatic heterocycles. The van der Waals surface area contributed by atoms with Crippen molar-refractivity contribution >= 4 is 29.3 Å². The van der Waals surface area contributed by atoms with Gasteiger partial charge in [0.1, 0.15) is 5.82 Å². The van der Waals surface area contributed by atoms with Crippen molar-refractivity contribution in [2.24, 2.45) is 11.8 Å². The maximum atomic E-state index is 13.6. The number of hydrogen-bond acceptors (Lipinski definition) is 7. The van der Waals surface area contributed by atoms with E-state index in [4.69, 9.17) is 4.42 Å². The number of pyridine rings is 1. The number of carbonyl (C=O) groups is 3. The zero-order chi connectivity index (χ0) is 30.0. The number of halogens is 3. The molecule has 222 valence electrons. The Balaban J connectivity index is 1.20. The van der Waals surface area contributed by atoms with Gasteiger partial charge >= 0.3 is 12.1 Å². The number of nitrogens with zero attached hydrogens (tertiary/aromatic N) is 4. The molecule has 1 saturated carbocycles.